The van der Waals surface area contributed by atoms with Crippen molar-refractivity contribution in [1.82, 2.24) is 0 Å². The Bertz CT molecular complexity index is 674. The molecule has 0 radical (unpaired) electrons. The van der Waals surface area contributed by atoms with E-state index in [1.54, 1.807) is 18.2 Å². The van der Waals surface area contributed by atoms with Gasteiger partial charge in [0.25, 0.3) is 5.91 Å². The van der Waals surface area contributed by atoms with E-state index in [4.69, 9.17) is 10.6 Å². The molecule has 0 aromatic heterocycles. The van der Waals surface area contributed by atoms with Gasteiger partial charge in [-0.05, 0) is 36.8 Å². The lowest BCUT2D eigenvalue weighted by Crippen LogP contribution is -2.18. The van der Waals surface area contributed by atoms with Gasteiger partial charge in [-0.2, -0.15) is 0 Å². The minimum Gasteiger partial charge on any atom is -0.497 e. The van der Waals surface area contributed by atoms with E-state index >= 15 is 0 Å². The molecule has 1 amide bonds. The number of nitrogen functional groups attached to an aromatic ring is 1. The summed E-state index contributed by atoms with van der Waals surface area (Å²) in [5.74, 6) is 4.85. The van der Waals surface area contributed by atoms with Crippen LogP contribution in [-0.2, 0) is 0 Å². The number of ether oxygens (including phenoxy) is 1. The second-order valence-electron chi connectivity index (χ2n) is 4.49. The summed E-state index contributed by atoms with van der Waals surface area (Å²) in [6.07, 6.45) is 0. The number of methoxy groups -OCH3 is 1. The number of amides is 1. The number of benzene rings is 2. The third-order valence-electron chi connectivity index (χ3n) is 3.00. The molecule has 2 aromatic rings. The van der Waals surface area contributed by atoms with Gasteiger partial charge in [0.1, 0.15) is 11.6 Å². The average Bonchev–Trinajstić information content (AvgIpc) is 2.49. The van der Waals surface area contributed by atoms with Crippen LogP contribution in [0, 0.1) is 12.7 Å². The van der Waals surface area contributed by atoms with Crippen molar-refractivity contribution in [2.45, 2.75) is 6.92 Å². The van der Waals surface area contributed by atoms with Gasteiger partial charge in [0.15, 0.2) is 0 Å². The Labute approximate surface area is 121 Å². The number of nitrogens with two attached hydrogens (primary N) is 1. The Morgan fingerprint density at radius 2 is 1.95 bits per heavy atom. The van der Waals surface area contributed by atoms with Crippen molar-refractivity contribution < 1.29 is 13.9 Å². The molecular formula is C15H16FN3O2. The summed E-state index contributed by atoms with van der Waals surface area (Å²) in [6.45, 7) is 1.88. The summed E-state index contributed by atoms with van der Waals surface area (Å²) in [6, 6.07) is 9.25. The number of anilines is 2. The maximum absolute atomic E-state index is 13.7. The minimum absolute atomic E-state index is 0.0443. The van der Waals surface area contributed by atoms with E-state index in [1.165, 1.54) is 25.3 Å². The molecule has 21 heavy (non-hydrogen) atoms. The number of hydrogen-bond donors (Lipinski definition) is 3. The fraction of sp³-hybridized carbons (Fsp3) is 0.133. The van der Waals surface area contributed by atoms with Gasteiger partial charge in [-0.25, -0.2) is 4.39 Å². The third kappa shape index (κ3) is 3.29. The van der Waals surface area contributed by atoms with Crippen molar-refractivity contribution in [1.29, 1.82) is 0 Å². The number of carbonyl (C=O) groups is 1. The van der Waals surface area contributed by atoms with Crippen molar-refractivity contribution in [2.24, 2.45) is 5.84 Å². The van der Waals surface area contributed by atoms with Crippen LogP contribution >= 0.6 is 0 Å². The molecule has 0 saturated heterocycles. The molecule has 0 spiro atoms. The lowest BCUT2D eigenvalue weighted by molar-refractivity contribution is 0.102. The van der Waals surface area contributed by atoms with Crippen LogP contribution in [0.15, 0.2) is 36.4 Å². The lowest BCUT2D eigenvalue weighted by atomic mass is 10.1. The van der Waals surface area contributed by atoms with E-state index in [2.05, 4.69) is 10.7 Å². The van der Waals surface area contributed by atoms with Gasteiger partial charge in [0.2, 0.25) is 0 Å². The van der Waals surface area contributed by atoms with Crippen molar-refractivity contribution in [3.8, 4) is 5.75 Å². The molecule has 4 N–H and O–H groups in total. The summed E-state index contributed by atoms with van der Waals surface area (Å²) in [4.78, 5) is 12.2. The molecule has 0 bridgehead atoms. The molecule has 5 nitrogen and oxygen atoms in total. The highest BCUT2D eigenvalue weighted by Crippen LogP contribution is 2.23. The van der Waals surface area contributed by atoms with Gasteiger partial charge >= 0.3 is 0 Å². The maximum atomic E-state index is 13.7. The highest BCUT2D eigenvalue weighted by atomic mass is 19.1. The second-order valence-corrected chi connectivity index (χ2v) is 4.49. The first-order chi connectivity index (χ1) is 10.0. The summed E-state index contributed by atoms with van der Waals surface area (Å²) >= 11 is 0. The number of rotatable bonds is 4. The largest absolute Gasteiger partial charge is 0.497 e. The molecule has 2 aromatic carbocycles. The second kappa shape index (κ2) is 6.23. The smallest absolute Gasteiger partial charge is 0.257 e. The molecule has 2 rings (SSSR count). The van der Waals surface area contributed by atoms with Crippen LogP contribution < -0.4 is 21.3 Å². The van der Waals surface area contributed by atoms with Gasteiger partial charge in [0.05, 0.1) is 24.0 Å². The van der Waals surface area contributed by atoms with Crippen molar-refractivity contribution in [3.05, 3.63) is 53.3 Å². The van der Waals surface area contributed by atoms with Gasteiger partial charge < -0.3 is 15.5 Å². The van der Waals surface area contributed by atoms with Crippen molar-refractivity contribution in [2.75, 3.05) is 17.9 Å². The van der Waals surface area contributed by atoms with Gasteiger partial charge in [0, 0.05) is 6.07 Å². The molecule has 0 atom stereocenters. The van der Waals surface area contributed by atoms with E-state index in [9.17, 15) is 9.18 Å². The zero-order chi connectivity index (χ0) is 15.4. The molecule has 0 heterocycles. The predicted octanol–water partition coefficient (Wildman–Crippen LogP) is 2.68. The standard InChI is InChI=1S/C15H16FN3O2/c1-9-3-5-11(13(7-9)19-17)15(20)18-14-8-10(21-2)4-6-12(14)16/h3-8,19H,17H2,1-2H3,(H,18,20). The topological polar surface area (TPSA) is 76.4 Å². The van der Waals surface area contributed by atoms with Crippen LogP contribution in [0.4, 0.5) is 15.8 Å². The third-order valence-corrected chi connectivity index (χ3v) is 3.00. The zero-order valence-corrected chi connectivity index (χ0v) is 11.7. The van der Waals surface area contributed by atoms with E-state index in [1.807, 2.05) is 6.92 Å². The first-order valence-corrected chi connectivity index (χ1v) is 6.27. The highest BCUT2D eigenvalue weighted by molar-refractivity contribution is 6.08. The number of aryl methyl sites for hydroxylation is 1. The molecule has 0 aliphatic heterocycles. The van der Waals surface area contributed by atoms with E-state index in [0.29, 0.717) is 17.0 Å². The zero-order valence-electron chi connectivity index (χ0n) is 11.7. The Kier molecular flexibility index (Phi) is 4.39. The van der Waals surface area contributed by atoms with Gasteiger partial charge in [-0.3, -0.25) is 10.6 Å². The van der Waals surface area contributed by atoms with Crippen LogP contribution in [-0.4, -0.2) is 13.0 Å². The van der Waals surface area contributed by atoms with Crippen LogP contribution in [0.1, 0.15) is 15.9 Å². The number of hydrogen-bond acceptors (Lipinski definition) is 4. The van der Waals surface area contributed by atoms with E-state index in [0.717, 1.165) is 5.56 Å². The Hall–Kier alpha value is -2.60. The summed E-state index contributed by atoms with van der Waals surface area (Å²) in [5, 5.41) is 2.51. The summed E-state index contributed by atoms with van der Waals surface area (Å²) in [7, 11) is 1.47. The molecular weight excluding hydrogens is 273 g/mol. The first kappa shape index (κ1) is 14.8. The molecule has 0 aliphatic rings. The molecule has 6 heteroatoms. The maximum Gasteiger partial charge on any atom is 0.257 e. The monoisotopic (exact) mass is 289 g/mol. The summed E-state index contributed by atoms with van der Waals surface area (Å²) < 4.78 is 18.7. The van der Waals surface area contributed by atoms with Gasteiger partial charge in [-0.1, -0.05) is 6.07 Å². The van der Waals surface area contributed by atoms with E-state index in [-0.39, 0.29) is 5.69 Å². The quantitative estimate of drug-likeness (QED) is 0.597. The van der Waals surface area contributed by atoms with E-state index < -0.39 is 11.7 Å². The Balaban J connectivity index is 2.30. The van der Waals surface area contributed by atoms with Crippen molar-refractivity contribution in [3.63, 3.8) is 0 Å². The fourth-order valence-corrected chi connectivity index (χ4v) is 1.89. The molecule has 0 saturated carbocycles. The Morgan fingerprint density at radius 3 is 2.62 bits per heavy atom. The van der Waals surface area contributed by atoms with Crippen LogP contribution in [0.25, 0.3) is 0 Å². The van der Waals surface area contributed by atoms with Crippen molar-refractivity contribution >= 4 is 17.3 Å². The summed E-state index contributed by atoms with van der Waals surface area (Å²) in [5.41, 5.74) is 4.25. The van der Waals surface area contributed by atoms with Crippen LogP contribution in [0.3, 0.4) is 0 Å². The number of carbonyl (C=O) groups excluding carboxylic acids is 1. The number of nitrogens with one attached hydrogen (secondary N) is 2. The number of hydrazine groups is 1. The first-order valence-electron chi connectivity index (χ1n) is 6.27. The molecule has 110 valence electrons. The minimum atomic E-state index is -0.543. The number of halogens is 1. The Morgan fingerprint density at radius 1 is 1.19 bits per heavy atom. The highest BCUT2D eigenvalue weighted by Gasteiger charge is 2.14. The molecule has 0 aliphatic carbocycles. The molecule has 0 unspecified atom stereocenters. The average molecular weight is 289 g/mol. The normalized spacial score (nSPS) is 10.1. The molecule has 0 fully saturated rings. The predicted molar refractivity (Wildman–Crippen MR) is 79.9 cm³/mol. The van der Waals surface area contributed by atoms with Gasteiger partial charge in [-0.15, -0.1) is 0 Å². The SMILES string of the molecule is COc1ccc(F)c(NC(=O)c2ccc(C)cc2NN)c1. The lowest BCUT2D eigenvalue weighted by Gasteiger charge is -2.12. The fourth-order valence-electron chi connectivity index (χ4n) is 1.89. The van der Waals surface area contributed by atoms with Crippen LogP contribution in [0.5, 0.6) is 5.75 Å². The van der Waals surface area contributed by atoms with Crippen LogP contribution in [0.2, 0.25) is 0 Å².